The molecule has 3 heteroatoms. The number of rotatable bonds is 2. The number of phenolic OH excluding ortho intramolecular Hbond substituents is 1. The Balaban J connectivity index is 2.43. The lowest BCUT2D eigenvalue weighted by molar-refractivity contribution is 0.475. The van der Waals surface area contributed by atoms with E-state index in [2.05, 4.69) is 18.4 Å². The van der Waals surface area contributed by atoms with Crippen LogP contribution >= 0.6 is 11.6 Å². The quantitative estimate of drug-likeness (QED) is 0.861. The first-order valence-corrected chi connectivity index (χ1v) is 5.85. The molecule has 0 bridgehead atoms. The van der Waals surface area contributed by atoms with Crippen LogP contribution in [0.3, 0.4) is 0 Å². The number of likely N-dealkylation sites (N-methyl/N-ethyl adjacent to an activating group) is 1. The summed E-state index contributed by atoms with van der Waals surface area (Å²) in [6.07, 6.45) is 3.81. The van der Waals surface area contributed by atoms with Crippen LogP contribution in [0.15, 0.2) is 53.7 Å². The van der Waals surface area contributed by atoms with Crippen molar-refractivity contribution in [2.75, 3.05) is 6.54 Å². The van der Waals surface area contributed by atoms with Crippen LogP contribution in [0.1, 0.15) is 12.5 Å². The highest BCUT2D eigenvalue weighted by molar-refractivity contribution is 6.32. The minimum Gasteiger partial charge on any atom is -0.508 e. The molecule has 1 aromatic carbocycles. The highest BCUT2D eigenvalue weighted by Crippen LogP contribution is 2.32. The molecule has 1 heterocycles. The fraction of sp³-hybridized carbons (Fsp3) is 0.143. The van der Waals surface area contributed by atoms with E-state index in [1.54, 1.807) is 12.1 Å². The molecular weight excluding hydrogens is 234 g/mol. The summed E-state index contributed by atoms with van der Waals surface area (Å²) >= 11 is 6.05. The van der Waals surface area contributed by atoms with Gasteiger partial charge in [0.1, 0.15) is 5.75 Å². The molecule has 0 unspecified atom stereocenters. The van der Waals surface area contributed by atoms with Crippen molar-refractivity contribution in [2.45, 2.75) is 6.92 Å². The zero-order valence-corrected chi connectivity index (χ0v) is 10.4. The normalized spacial score (nSPS) is 15.6. The first kappa shape index (κ1) is 11.8. The molecule has 0 aromatic heterocycles. The van der Waals surface area contributed by atoms with Crippen LogP contribution in [0, 0.1) is 0 Å². The maximum Gasteiger partial charge on any atom is 0.115 e. The summed E-state index contributed by atoms with van der Waals surface area (Å²) in [5.74, 6) is 0.264. The third-order valence-electron chi connectivity index (χ3n) is 2.76. The van der Waals surface area contributed by atoms with Crippen LogP contribution < -0.4 is 0 Å². The topological polar surface area (TPSA) is 23.5 Å². The van der Waals surface area contributed by atoms with E-state index in [1.165, 1.54) is 0 Å². The van der Waals surface area contributed by atoms with Crippen molar-refractivity contribution in [1.82, 2.24) is 4.90 Å². The Bertz CT molecular complexity index is 499. The second kappa shape index (κ2) is 4.68. The van der Waals surface area contributed by atoms with Crippen molar-refractivity contribution in [1.29, 1.82) is 0 Å². The summed E-state index contributed by atoms with van der Waals surface area (Å²) in [4.78, 5) is 2.05. The number of phenols is 1. The van der Waals surface area contributed by atoms with Gasteiger partial charge in [-0.05, 0) is 48.9 Å². The average Bonchev–Trinajstić information content (AvgIpc) is 2.34. The maximum absolute atomic E-state index is 9.29. The zero-order chi connectivity index (χ0) is 12.4. The van der Waals surface area contributed by atoms with E-state index in [9.17, 15) is 5.11 Å². The molecule has 1 aliphatic heterocycles. The van der Waals surface area contributed by atoms with Crippen LogP contribution in [-0.4, -0.2) is 16.6 Å². The molecule has 0 saturated heterocycles. The Morgan fingerprint density at radius 2 is 1.88 bits per heavy atom. The van der Waals surface area contributed by atoms with E-state index in [-0.39, 0.29) is 5.75 Å². The summed E-state index contributed by atoms with van der Waals surface area (Å²) in [6.45, 7) is 6.83. The molecule has 1 N–H and O–H groups in total. The van der Waals surface area contributed by atoms with Crippen molar-refractivity contribution in [3.05, 3.63) is 59.3 Å². The summed E-state index contributed by atoms with van der Waals surface area (Å²) in [6, 6.07) is 7.10. The summed E-state index contributed by atoms with van der Waals surface area (Å²) in [5.41, 5.74) is 2.88. The summed E-state index contributed by atoms with van der Waals surface area (Å²) in [7, 11) is 0. The molecule has 2 nitrogen and oxygen atoms in total. The Morgan fingerprint density at radius 3 is 2.47 bits per heavy atom. The lowest BCUT2D eigenvalue weighted by Gasteiger charge is -2.30. The number of hydrogen-bond acceptors (Lipinski definition) is 2. The van der Waals surface area contributed by atoms with Gasteiger partial charge in [0, 0.05) is 12.2 Å². The van der Waals surface area contributed by atoms with Crippen molar-refractivity contribution >= 4 is 17.3 Å². The number of allylic oxidation sites excluding steroid dienone is 3. The smallest absolute Gasteiger partial charge is 0.115 e. The molecule has 1 aliphatic rings. The third kappa shape index (κ3) is 2.22. The van der Waals surface area contributed by atoms with Crippen molar-refractivity contribution in [3.63, 3.8) is 0 Å². The van der Waals surface area contributed by atoms with Gasteiger partial charge in [0.05, 0.1) is 10.7 Å². The van der Waals surface area contributed by atoms with Crippen LogP contribution in [0.25, 0.3) is 5.70 Å². The van der Waals surface area contributed by atoms with E-state index < -0.39 is 0 Å². The zero-order valence-electron chi connectivity index (χ0n) is 9.65. The van der Waals surface area contributed by atoms with Crippen LogP contribution in [0.2, 0.25) is 0 Å². The van der Waals surface area contributed by atoms with Crippen molar-refractivity contribution in [3.8, 4) is 5.75 Å². The van der Waals surface area contributed by atoms with Gasteiger partial charge in [0.15, 0.2) is 0 Å². The van der Waals surface area contributed by atoms with Crippen LogP contribution in [-0.2, 0) is 0 Å². The monoisotopic (exact) mass is 247 g/mol. The fourth-order valence-electron chi connectivity index (χ4n) is 1.86. The van der Waals surface area contributed by atoms with E-state index in [1.807, 2.05) is 24.3 Å². The van der Waals surface area contributed by atoms with Crippen molar-refractivity contribution in [2.24, 2.45) is 0 Å². The number of nitrogens with zero attached hydrogens (tertiary/aromatic N) is 1. The molecule has 88 valence electrons. The summed E-state index contributed by atoms with van der Waals surface area (Å²) < 4.78 is 0. The predicted molar refractivity (Wildman–Crippen MR) is 71.5 cm³/mol. The lowest BCUT2D eigenvalue weighted by Crippen LogP contribution is -2.22. The number of hydrogen-bond donors (Lipinski definition) is 1. The van der Waals surface area contributed by atoms with Gasteiger partial charge in [-0.2, -0.15) is 0 Å². The van der Waals surface area contributed by atoms with Gasteiger partial charge in [0.2, 0.25) is 0 Å². The van der Waals surface area contributed by atoms with Gasteiger partial charge in [-0.25, -0.2) is 0 Å². The molecule has 1 aromatic rings. The largest absolute Gasteiger partial charge is 0.508 e. The van der Waals surface area contributed by atoms with Crippen LogP contribution in [0.4, 0.5) is 0 Å². The number of benzene rings is 1. The molecule has 17 heavy (non-hydrogen) atoms. The highest BCUT2D eigenvalue weighted by Gasteiger charge is 2.18. The fourth-order valence-corrected chi connectivity index (χ4v) is 2.02. The van der Waals surface area contributed by atoms with Crippen LogP contribution in [0.5, 0.6) is 5.75 Å². The van der Waals surface area contributed by atoms with Gasteiger partial charge < -0.3 is 10.0 Å². The van der Waals surface area contributed by atoms with Crippen molar-refractivity contribution < 1.29 is 5.11 Å². The summed E-state index contributed by atoms with van der Waals surface area (Å²) in [5, 5.41) is 9.95. The van der Waals surface area contributed by atoms with E-state index in [0.717, 1.165) is 23.5 Å². The van der Waals surface area contributed by atoms with Gasteiger partial charge in [-0.3, -0.25) is 0 Å². The van der Waals surface area contributed by atoms with Gasteiger partial charge in [-0.1, -0.05) is 18.2 Å². The minimum atomic E-state index is 0.264. The molecule has 0 atom stereocenters. The lowest BCUT2D eigenvalue weighted by atomic mass is 10.1. The molecule has 0 fully saturated rings. The first-order chi connectivity index (χ1) is 8.13. The van der Waals surface area contributed by atoms with E-state index >= 15 is 0 Å². The Kier molecular flexibility index (Phi) is 3.25. The number of halogens is 1. The standard InChI is InChI=1S/C14H14ClNO/c1-3-16-10(2)13(15)8-9-14(16)11-4-6-12(17)7-5-11/h4-9,17H,2-3H2,1H3. The third-order valence-corrected chi connectivity index (χ3v) is 3.10. The maximum atomic E-state index is 9.29. The second-order valence-corrected chi connectivity index (χ2v) is 4.21. The average molecular weight is 248 g/mol. The Morgan fingerprint density at radius 1 is 1.24 bits per heavy atom. The Labute approximate surface area is 106 Å². The Hall–Kier alpha value is -1.67. The second-order valence-electron chi connectivity index (χ2n) is 3.80. The molecule has 0 spiro atoms. The SMILES string of the molecule is C=C1C(Cl)=CC=C(c2ccc(O)cc2)N1CC. The van der Waals surface area contributed by atoms with E-state index in [4.69, 9.17) is 11.6 Å². The molecule has 2 rings (SSSR count). The minimum absolute atomic E-state index is 0.264. The first-order valence-electron chi connectivity index (χ1n) is 5.47. The molecule has 0 saturated carbocycles. The molecule has 0 radical (unpaired) electrons. The highest BCUT2D eigenvalue weighted by atomic mass is 35.5. The van der Waals surface area contributed by atoms with Gasteiger partial charge >= 0.3 is 0 Å². The molecule has 0 amide bonds. The van der Waals surface area contributed by atoms with Gasteiger partial charge in [0.25, 0.3) is 0 Å². The number of aromatic hydroxyl groups is 1. The molecular formula is C14H14ClNO. The molecule has 0 aliphatic carbocycles. The van der Waals surface area contributed by atoms with Gasteiger partial charge in [-0.15, -0.1) is 0 Å². The van der Waals surface area contributed by atoms with E-state index in [0.29, 0.717) is 5.03 Å². The predicted octanol–water partition coefficient (Wildman–Crippen LogP) is 3.71.